The van der Waals surface area contributed by atoms with Crippen molar-refractivity contribution in [3.8, 4) is 0 Å². The molecule has 430 valence electrons. The minimum absolute atomic E-state index is 0.0783. The number of carbonyl (C=O) groups excluding carboxylic acids is 1. The summed E-state index contributed by atoms with van der Waals surface area (Å²) in [5.41, 5.74) is 0. The Bertz CT molecular complexity index is 1460. The molecule has 0 aromatic carbocycles. The first kappa shape index (κ1) is 71.8. The van der Waals surface area contributed by atoms with E-state index in [4.69, 9.17) is 0 Å². The van der Waals surface area contributed by atoms with Gasteiger partial charge >= 0.3 is 0 Å². The molecule has 0 aliphatic rings. The van der Waals surface area contributed by atoms with E-state index in [1.807, 2.05) is 6.08 Å². The lowest BCUT2D eigenvalue weighted by molar-refractivity contribution is -0.123. The first-order valence-corrected chi connectivity index (χ1v) is 32.2. The second kappa shape index (κ2) is 65.1. The normalized spacial score (nSPS) is 13.6. The summed E-state index contributed by atoms with van der Waals surface area (Å²) >= 11 is 0. The SMILES string of the molecule is CC/C=C\C/C=C\C/C=C\C/C=C\C/C=C\C/C=C\C/C=C\CCCCCCCCCCCCCCCCCCCC(=O)NC(CO)C(O)/C=C/CC/C=C/CC/C=C/CCCCCCCCCCCCCCCC. The van der Waals surface area contributed by atoms with Crippen LogP contribution in [0.1, 0.15) is 303 Å². The molecule has 0 saturated carbocycles. The predicted molar refractivity (Wildman–Crippen MR) is 336 cm³/mol. The minimum Gasteiger partial charge on any atom is -0.394 e. The Morgan fingerprint density at radius 2 is 0.600 bits per heavy atom. The Hall–Kier alpha value is -3.21. The van der Waals surface area contributed by atoms with Crippen molar-refractivity contribution in [2.24, 2.45) is 0 Å². The monoisotopic (exact) mass is 1040 g/mol. The van der Waals surface area contributed by atoms with Crippen molar-refractivity contribution in [1.29, 1.82) is 0 Å². The second-order valence-electron chi connectivity index (χ2n) is 21.4. The highest BCUT2D eigenvalue weighted by atomic mass is 16.3. The van der Waals surface area contributed by atoms with E-state index in [1.165, 1.54) is 199 Å². The van der Waals surface area contributed by atoms with Gasteiger partial charge < -0.3 is 15.5 Å². The number of hydrogen-bond acceptors (Lipinski definition) is 3. The first-order valence-electron chi connectivity index (χ1n) is 32.2. The van der Waals surface area contributed by atoms with Gasteiger partial charge in [-0.1, -0.05) is 315 Å². The van der Waals surface area contributed by atoms with Crippen LogP contribution in [-0.2, 0) is 4.79 Å². The number of aliphatic hydroxyl groups is 2. The van der Waals surface area contributed by atoms with Crippen LogP contribution in [0.5, 0.6) is 0 Å². The van der Waals surface area contributed by atoms with Crippen LogP contribution in [0.25, 0.3) is 0 Å². The molecule has 0 aromatic heterocycles. The zero-order valence-corrected chi connectivity index (χ0v) is 49.5. The van der Waals surface area contributed by atoms with Crippen LogP contribution in [0.3, 0.4) is 0 Å². The zero-order chi connectivity index (χ0) is 54.1. The lowest BCUT2D eigenvalue weighted by Gasteiger charge is -2.19. The summed E-state index contributed by atoms with van der Waals surface area (Å²) < 4.78 is 0. The smallest absolute Gasteiger partial charge is 0.220 e. The lowest BCUT2D eigenvalue weighted by atomic mass is 10.0. The Morgan fingerprint density at radius 3 is 0.933 bits per heavy atom. The summed E-state index contributed by atoms with van der Waals surface area (Å²) in [6.45, 7) is 4.19. The summed E-state index contributed by atoms with van der Waals surface area (Å²) in [4.78, 5) is 12.5. The highest BCUT2D eigenvalue weighted by Crippen LogP contribution is 2.17. The highest BCUT2D eigenvalue weighted by Gasteiger charge is 2.18. The van der Waals surface area contributed by atoms with E-state index in [2.05, 4.69) is 129 Å². The van der Waals surface area contributed by atoms with Crippen LogP contribution in [0.4, 0.5) is 0 Å². The maximum absolute atomic E-state index is 12.5. The number of carbonyl (C=O) groups is 1. The van der Waals surface area contributed by atoms with E-state index in [9.17, 15) is 15.0 Å². The van der Waals surface area contributed by atoms with Gasteiger partial charge in [0.25, 0.3) is 0 Å². The summed E-state index contributed by atoms with van der Waals surface area (Å²) in [5, 5.41) is 23.2. The van der Waals surface area contributed by atoms with Gasteiger partial charge in [-0.15, -0.1) is 0 Å². The third kappa shape index (κ3) is 61.5. The van der Waals surface area contributed by atoms with Crippen molar-refractivity contribution >= 4 is 5.91 Å². The zero-order valence-electron chi connectivity index (χ0n) is 49.5. The average Bonchev–Trinajstić information content (AvgIpc) is 3.41. The van der Waals surface area contributed by atoms with Crippen LogP contribution in [0.15, 0.2) is 122 Å². The van der Waals surface area contributed by atoms with Crippen molar-refractivity contribution in [3.63, 3.8) is 0 Å². The van der Waals surface area contributed by atoms with E-state index in [0.29, 0.717) is 6.42 Å². The van der Waals surface area contributed by atoms with Crippen molar-refractivity contribution < 1.29 is 15.0 Å². The molecular weight excluding hydrogens is 915 g/mol. The standard InChI is InChI=1S/C71H123NO3/c1-3-5-7-9-11-13-15-17-19-21-23-25-27-29-30-31-32-33-34-35-36-37-38-39-40-41-42-43-45-47-49-51-53-55-57-59-61-63-65-67-71(75)72-69(68-73)70(74)66-64-62-60-58-56-54-52-50-48-46-44-28-26-24-22-20-18-16-14-12-10-8-6-4-2/h5,7,11,13,17,19,23,25,29-30,32-33,35-36,48,50,56,58,64,66,69-70,73-74H,3-4,6,8-10,12,14-16,18,20-22,24,26-28,31,34,37-47,49,51-55,57,59-63,65,67-68H2,1-2H3,(H,72,75)/b7-5-,13-11-,19-17-,25-23-,30-29-,33-32-,36-35-,50-48+,58-56+,66-64+. The third-order valence-electron chi connectivity index (χ3n) is 14.2. The van der Waals surface area contributed by atoms with E-state index < -0.39 is 12.1 Å². The highest BCUT2D eigenvalue weighted by molar-refractivity contribution is 5.76. The second-order valence-corrected chi connectivity index (χ2v) is 21.4. The molecule has 0 bridgehead atoms. The topological polar surface area (TPSA) is 69.6 Å². The number of unbranched alkanes of at least 4 members (excludes halogenated alkanes) is 33. The molecule has 0 aliphatic heterocycles. The molecule has 0 heterocycles. The van der Waals surface area contributed by atoms with E-state index in [0.717, 1.165) is 83.5 Å². The quantitative estimate of drug-likeness (QED) is 0.0420. The van der Waals surface area contributed by atoms with E-state index in [1.54, 1.807) is 6.08 Å². The summed E-state index contributed by atoms with van der Waals surface area (Å²) in [6, 6.07) is -0.652. The van der Waals surface area contributed by atoms with Gasteiger partial charge in [0.1, 0.15) is 0 Å². The van der Waals surface area contributed by atoms with Crippen molar-refractivity contribution in [2.75, 3.05) is 6.61 Å². The van der Waals surface area contributed by atoms with Gasteiger partial charge in [-0.25, -0.2) is 0 Å². The molecule has 0 saturated heterocycles. The molecule has 4 nitrogen and oxygen atoms in total. The van der Waals surface area contributed by atoms with E-state index in [-0.39, 0.29) is 12.5 Å². The average molecular weight is 1040 g/mol. The van der Waals surface area contributed by atoms with Crippen LogP contribution >= 0.6 is 0 Å². The fraction of sp³-hybridized carbons (Fsp3) is 0.704. The number of nitrogens with one attached hydrogen (secondary N) is 1. The van der Waals surface area contributed by atoms with Crippen molar-refractivity contribution in [2.45, 2.75) is 315 Å². The van der Waals surface area contributed by atoms with Crippen LogP contribution in [0.2, 0.25) is 0 Å². The number of hydrogen-bond donors (Lipinski definition) is 3. The molecule has 0 spiro atoms. The molecule has 0 radical (unpaired) electrons. The van der Waals surface area contributed by atoms with Gasteiger partial charge in [-0.3, -0.25) is 4.79 Å². The van der Waals surface area contributed by atoms with Gasteiger partial charge in [0.2, 0.25) is 5.91 Å². The number of amides is 1. The molecule has 1 amide bonds. The maximum Gasteiger partial charge on any atom is 0.220 e. The molecule has 3 N–H and O–H groups in total. The predicted octanol–water partition coefficient (Wildman–Crippen LogP) is 22.0. The van der Waals surface area contributed by atoms with Gasteiger partial charge in [-0.05, 0) is 103 Å². The minimum atomic E-state index is -0.877. The van der Waals surface area contributed by atoms with Crippen LogP contribution in [0, 0.1) is 0 Å². The third-order valence-corrected chi connectivity index (χ3v) is 14.2. The van der Waals surface area contributed by atoms with Crippen molar-refractivity contribution in [3.05, 3.63) is 122 Å². The molecule has 0 fully saturated rings. The summed E-state index contributed by atoms with van der Waals surface area (Å²) in [7, 11) is 0. The summed E-state index contributed by atoms with van der Waals surface area (Å²) in [5.74, 6) is -0.0783. The largest absolute Gasteiger partial charge is 0.394 e. The summed E-state index contributed by atoms with van der Waals surface area (Å²) in [6.07, 6.45) is 99.7. The van der Waals surface area contributed by atoms with Gasteiger partial charge in [0, 0.05) is 6.42 Å². The van der Waals surface area contributed by atoms with Crippen molar-refractivity contribution in [1.82, 2.24) is 5.32 Å². The Kier molecular flexibility index (Phi) is 62.3. The Balaban J connectivity index is 3.55. The first-order chi connectivity index (χ1) is 37.2. The van der Waals surface area contributed by atoms with Gasteiger partial charge in [0.15, 0.2) is 0 Å². The van der Waals surface area contributed by atoms with Crippen LogP contribution in [-0.4, -0.2) is 34.9 Å². The molecule has 75 heavy (non-hydrogen) atoms. The number of rotatable bonds is 58. The molecule has 2 atom stereocenters. The molecular formula is C71H123NO3. The molecule has 0 rings (SSSR count). The molecule has 4 heteroatoms. The molecule has 0 aromatic rings. The Morgan fingerprint density at radius 1 is 0.333 bits per heavy atom. The van der Waals surface area contributed by atoms with Gasteiger partial charge in [-0.2, -0.15) is 0 Å². The lowest BCUT2D eigenvalue weighted by Crippen LogP contribution is -2.45. The fourth-order valence-electron chi connectivity index (χ4n) is 9.31. The molecule has 0 aliphatic carbocycles. The fourth-order valence-corrected chi connectivity index (χ4v) is 9.31. The number of aliphatic hydroxyl groups excluding tert-OH is 2. The number of allylic oxidation sites excluding steroid dienone is 19. The van der Waals surface area contributed by atoms with Gasteiger partial charge in [0.05, 0.1) is 18.8 Å². The maximum atomic E-state index is 12.5. The van der Waals surface area contributed by atoms with E-state index >= 15 is 0 Å². The molecule has 2 unspecified atom stereocenters. The Labute approximate surface area is 467 Å². The van der Waals surface area contributed by atoms with Crippen LogP contribution < -0.4 is 5.32 Å².